The number of nitroso groups, excluding NO2 is 1. The van der Waals surface area contributed by atoms with Crippen LogP contribution >= 0.6 is 27.7 Å². The van der Waals surface area contributed by atoms with Crippen molar-refractivity contribution in [2.75, 3.05) is 18.6 Å². The average Bonchev–Trinajstić information content (AvgIpc) is 2.87. The summed E-state index contributed by atoms with van der Waals surface area (Å²) >= 11 is 5.06. The number of aromatic nitrogens is 1. The van der Waals surface area contributed by atoms with Crippen molar-refractivity contribution in [3.8, 4) is 0 Å². The Morgan fingerprint density at radius 1 is 1.52 bits per heavy atom. The zero-order valence-electron chi connectivity index (χ0n) is 11.6. The van der Waals surface area contributed by atoms with Crippen molar-refractivity contribution in [1.82, 2.24) is 10.3 Å². The summed E-state index contributed by atoms with van der Waals surface area (Å²) in [6.45, 7) is 0.547. The van der Waals surface area contributed by atoms with E-state index in [4.69, 9.17) is 0 Å². The Balaban J connectivity index is 2.11. The summed E-state index contributed by atoms with van der Waals surface area (Å²) in [5.41, 5.74) is 1.89. The third-order valence-corrected chi connectivity index (χ3v) is 4.28. The Labute approximate surface area is 135 Å². The Bertz CT molecular complexity index is 644. The molecule has 0 aliphatic rings. The zero-order chi connectivity index (χ0) is 15.2. The number of fused-ring (bicyclic) bond motifs is 1. The number of nitrogens with one attached hydrogen (secondary N) is 2. The molecule has 1 heterocycles. The van der Waals surface area contributed by atoms with E-state index < -0.39 is 6.04 Å². The lowest BCUT2D eigenvalue weighted by Crippen LogP contribution is -2.35. The molecule has 2 rings (SSSR count). The predicted molar refractivity (Wildman–Crippen MR) is 90.7 cm³/mol. The number of nitrogens with zero attached hydrogens (tertiary/aromatic N) is 1. The molecule has 2 N–H and O–H groups in total. The van der Waals surface area contributed by atoms with Gasteiger partial charge >= 0.3 is 0 Å². The fraction of sp³-hybridized carbons (Fsp3) is 0.357. The van der Waals surface area contributed by atoms with E-state index in [1.165, 1.54) is 0 Å². The van der Waals surface area contributed by atoms with Crippen molar-refractivity contribution in [3.05, 3.63) is 39.3 Å². The molecule has 1 amide bonds. The van der Waals surface area contributed by atoms with E-state index in [1.807, 2.05) is 30.7 Å². The number of carbonyl (C=O) groups is 1. The maximum atomic E-state index is 11.9. The highest BCUT2D eigenvalue weighted by atomic mass is 79.9. The number of rotatable bonds is 7. The highest BCUT2D eigenvalue weighted by Crippen LogP contribution is 2.24. The zero-order valence-corrected chi connectivity index (χ0v) is 14.0. The molecule has 1 atom stereocenters. The van der Waals surface area contributed by atoms with Crippen LogP contribution in [0, 0.1) is 4.91 Å². The number of hydrogen-bond donors (Lipinski definition) is 2. The number of amides is 1. The van der Waals surface area contributed by atoms with E-state index in [1.54, 1.807) is 11.8 Å². The lowest BCUT2D eigenvalue weighted by Gasteiger charge is -2.09. The summed E-state index contributed by atoms with van der Waals surface area (Å²) in [5.74, 6) is 0.501. The molecule has 0 radical (unpaired) electrons. The lowest BCUT2D eigenvalue weighted by atomic mass is 10.1. The Morgan fingerprint density at radius 3 is 3.05 bits per heavy atom. The maximum absolute atomic E-state index is 11.9. The van der Waals surface area contributed by atoms with Crippen molar-refractivity contribution in [3.63, 3.8) is 0 Å². The van der Waals surface area contributed by atoms with Gasteiger partial charge < -0.3 is 10.3 Å². The van der Waals surface area contributed by atoms with Crippen LogP contribution in [0.2, 0.25) is 0 Å². The molecule has 1 unspecified atom stereocenters. The summed E-state index contributed by atoms with van der Waals surface area (Å²) in [4.78, 5) is 26.1. The van der Waals surface area contributed by atoms with Gasteiger partial charge in [-0.15, -0.1) is 4.91 Å². The first-order valence-corrected chi connectivity index (χ1v) is 8.69. The molecule has 1 aromatic heterocycles. The molecule has 5 nitrogen and oxygen atoms in total. The minimum atomic E-state index is -0.898. The molecule has 0 fully saturated rings. The van der Waals surface area contributed by atoms with E-state index in [-0.39, 0.29) is 5.91 Å². The Morgan fingerprint density at radius 2 is 2.33 bits per heavy atom. The number of hydrogen-bond acceptors (Lipinski definition) is 4. The number of carbonyl (C=O) groups excluding carboxylic acids is 1. The van der Waals surface area contributed by atoms with Crippen LogP contribution in [0.25, 0.3) is 10.9 Å². The van der Waals surface area contributed by atoms with Crippen molar-refractivity contribution < 1.29 is 4.79 Å². The van der Waals surface area contributed by atoms with Gasteiger partial charge in [-0.2, -0.15) is 11.8 Å². The molecule has 0 spiro atoms. The standard InChI is InChI=1S/C14H16BrN3O2S/c1-21-5-4-16-14(19)13(18-20)6-9-8-17-12-3-2-10(15)7-11(9)12/h2-3,7-8,13,17H,4-6H2,1H3,(H,16,19). The van der Waals surface area contributed by atoms with Crippen LogP contribution in [-0.2, 0) is 11.2 Å². The second-order valence-electron chi connectivity index (χ2n) is 4.61. The van der Waals surface area contributed by atoms with E-state index in [2.05, 4.69) is 31.4 Å². The van der Waals surface area contributed by atoms with Crippen LogP contribution in [0.4, 0.5) is 0 Å². The summed E-state index contributed by atoms with van der Waals surface area (Å²) in [6.07, 6.45) is 4.08. The molecule has 112 valence electrons. The summed E-state index contributed by atoms with van der Waals surface area (Å²) in [7, 11) is 0. The van der Waals surface area contributed by atoms with Crippen LogP contribution < -0.4 is 5.32 Å². The van der Waals surface area contributed by atoms with Gasteiger partial charge in [0.25, 0.3) is 0 Å². The minimum Gasteiger partial charge on any atom is -0.361 e. The van der Waals surface area contributed by atoms with Crippen LogP contribution in [0.3, 0.4) is 0 Å². The van der Waals surface area contributed by atoms with Gasteiger partial charge in [0.1, 0.15) is 0 Å². The summed E-state index contributed by atoms with van der Waals surface area (Å²) in [5, 5.41) is 6.71. The Kier molecular flexibility index (Phi) is 5.81. The molecule has 0 aliphatic carbocycles. The fourth-order valence-corrected chi connectivity index (χ4v) is 2.77. The van der Waals surface area contributed by atoms with Crippen LogP contribution in [0.15, 0.2) is 34.0 Å². The van der Waals surface area contributed by atoms with Gasteiger partial charge in [-0.1, -0.05) is 21.1 Å². The van der Waals surface area contributed by atoms with Crippen LogP contribution in [0.1, 0.15) is 5.56 Å². The van der Waals surface area contributed by atoms with E-state index >= 15 is 0 Å². The van der Waals surface area contributed by atoms with Crippen molar-refractivity contribution in [1.29, 1.82) is 0 Å². The fourth-order valence-electron chi connectivity index (χ4n) is 2.10. The monoisotopic (exact) mass is 369 g/mol. The molecule has 0 bridgehead atoms. The van der Waals surface area contributed by atoms with E-state index in [0.717, 1.165) is 26.7 Å². The lowest BCUT2D eigenvalue weighted by molar-refractivity contribution is -0.122. The minimum absolute atomic E-state index is 0.297. The van der Waals surface area contributed by atoms with Gasteiger partial charge in [0.2, 0.25) is 5.91 Å². The molecule has 1 aromatic carbocycles. The van der Waals surface area contributed by atoms with Gasteiger partial charge in [-0.05, 0) is 30.0 Å². The van der Waals surface area contributed by atoms with Gasteiger partial charge in [0.15, 0.2) is 6.04 Å². The molecule has 0 aliphatic heterocycles. The quantitative estimate of drug-likeness (QED) is 0.581. The van der Waals surface area contributed by atoms with Gasteiger partial charge in [0, 0.05) is 40.3 Å². The van der Waals surface area contributed by atoms with Crippen molar-refractivity contribution in [2.24, 2.45) is 5.18 Å². The first-order chi connectivity index (χ1) is 10.2. The third kappa shape index (κ3) is 4.07. The summed E-state index contributed by atoms with van der Waals surface area (Å²) in [6, 6.07) is 4.96. The van der Waals surface area contributed by atoms with Crippen LogP contribution in [0.5, 0.6) is 0 Å². The molecule has 0 saturated carbocycles. The largest absolute Gasteiger partial charge is 0.361 e. The number of H-pyrrole nitrogens is 1. The number of halogens is 1. The number of thioether (sulfide) groups is 1. The normalized spacial score (nSPS) is 12.3. The highest BCUT2D eigenvalue weighted by Gasteiger charge is 2.21. The molecule has 21 heavy (non-hydrogen) atoms. The van der Waals surface area contributed by atoms with Crippen LogP contribution in [-0.4, -0.2) is 35.5 Å². The smallest absolute Gasteiger partial charge is 0.248 e. The van der Waals surface area contributed by atoms with Gasteiger partial charge in [0.05, 0.1) is 0 Å². The third-order valence-electron chi connectivity index (χ3n) is 3.18. The van der Waals surface area contributed by atoms with Gasteiger partial charge in [-0.25, -0.2) is 0 Å². The maximum Gasteiger partial charge on any atom is 0.248 e. The second kappa shape index (κ2) is 7.61. The summed E-state index contributed by atoms with van der Waals surface area (Å²) < 4.78 is 0.955. The van der Waals surface area contributed by atoms with Crippen molar-refractivity contribution >= 4 is 44.5 Å². The predicted octanol–water partition coefficient (Wildman–Crippen LogP) is 3.09. The topological polar surface area (TPSA) is 74.3 Å². The van der Waals surface area contributed by atoms with E-state index in [0.29, 0.717) is 13.0 Å². The SMILES string of the molecule is CSCCNC(=O)C(Cc1c[nH]c2ccc(Br)cc12)N=O. The Hall–Kier alpha value is -1.34. The highest BCUT2D eigenvalue weighted by molar-refractivity contribution is 9.10. The van der Waals surface area contributed by atoms with Crippen molar-refractivity contribution in [2.45, 2.75) is 12.5 Å². The number of aromatic amines is 1. The molecule has 7 heteroatoms. The number of benzene rings is 1. The molecular formula is C14H16BrN3O2S. The molecule has 0 saturated heterocycles. The average molecular weight is 370 g/mol. The molecule has 2 aromatic rings. The first-order valence-electron chi connectivity index (χ1n) is 6.50. The second-order valence-corrected chi connectivity index (χ2v) is 6.51. The van der Waals surface area contributed by atoms with Gasteiger partial charge in [-0.3, -0.25) is 4.79 Å². The molecular weight excluding hydrogens is 354 g/mol. The van der Waals surface area contributed by atoms with E-state index in [9.17, 15) is 9.70 Å². The first kappa shape index (κ1) is 16.0.